The average molecular weight is 231 g/mol. The Labute approximate surface area is 97.8 Å². The molecule has 2 aromatic heterocycles. The number of imidazole rings is 1. The molecule has 0 bridgehead atoms. The number of hydrogen-bond donors (Lipinski definition) is 2. The first-order chi connectivity index (χ1) is 8.29. The first-order valence-corrected chi connectivity index (χ1v) is 5.52. The van der Waals surface area contributed by atoms with Crippen LogP contribution < -0.4 is 5.73 Å². The highest BCUT2D eigenvalue weighted by Crippen LogP contribution is 2.30. The molecular formula is C11H13N5O. The lowest BCUT2D eigenvalue weighted by Crippen LogP contribution is -2.08. The number of fused-ring (bicyclic) bond motifs is 1. The third kappa shape index (κ3) is 1.57. The normalized spacial score (nSPS) is 23.6. The molecule has 6 heteroatoms. The van der Waals surface area contributed by atoms with Crippen LogP contribution in [0.25, 0.3) is 11.2 Å². The predicted molar refractivity (Wildman–Crippen MR) is 63.1 cm³/mol. The number of aromatic nitrogens is 4. The molecule has 2 atom stereocenters. The third-order valence-corrected chi connectivity index (χ3v) is 3.13. The minimum Gasteiger partial charge on any atom is -0.396 e. The van der Waals surface area contributed by atoms with Crippen LogP contribution in [0.1, 0.15) is 12.5 Å². The van der Waals surface area contributed by atoms with Crippen molar-refractivity contribution in [2.75, 3.05) is 12.3 Å². The highest BCUT2D eigenvalue weighted by atomic mass is 16.3. The SMILES string of the molecule is Nc1ncnc2c1ncn2[C@H]1C=C[C@@H](CO)C1. The minimum atomic E-state index is 0.177. The maximum atomic E-state index is 9.12. The molecule has 1 aliphatic carbocycles. The molecule has 2 heterocycles. The maximum Gasteiger partial charge on any atom is 0.165 e. The lowest BCUT2D eigenvalue weighted by Gasteiger charge is -2.12. The summed E-state index contributed by atoms with van der Waals surface area (Å²) < 4.78 is 1.97. The second-order valence-corrected chi connectivity index (χ2v) is 4.21. The van der Waals surface area contributed by atoms with Crippen LogP contribution in [-0.4, -0.2) is 31.2 Å². The van der Waals surface area contributed by atoms with E-state index >= 15 is 0 Å². The zero-order chi connectivity index (χ0) is 11.8. The summed E-state index contributed by atoms with van der Waals surface area (Å²) in [4.78, 5) is 12.4. The van der Waals surface area contributed by atoms with Crippen molar-refractivity contribution in [2.45, 2.75) is 12.5 Å². The van der Waals surface area contributed by atoms with Gasteiger partial charge in [0.05, 0.1) is 12.4 Å². The predicted octanol–water partition coefficient (Wildman–Crippen LogP) is 0.518. The summed E-state index contributed by atoms with van der Waals surface area (Å²) in [5.41, 5.74) is 7.11. The highest BCUT2D eigenvalue weighted by molar-refractivity contribution is 5.81. The molecule has 0 aliphatic heterocycles. The van der Waals surface area contributed by atoms with Crippen LogP contribution in [0, 0.1) is 5.92 Å². The van der Waals surface area contributed by atoms with Gasteiger partial charge in [-0.3, -0.25) is 0 Å². The van der Waals surface area contributed by atoms with Crippen molar-refractivity contribution in [3.8, 4) is 0 Å². The van der Waals surface area contributed by atoms with Gasteiger partial charge in [-0.2, -0.15) is 0 Å². The molecular weight excluding hydrogens is 218 g/mol. The quantitative estimate of drug-likeness (QED) is 0.735. The van der Waals surface area contributed by atoms with E-state index in [1.165, 1.54) is 6.33 Å². The molecule has 0 saturated carbocycles. The van der Waals surface area contributed by atoms with Gasteiger partial charge >= 0.3 is 0 Å². The van der Waals surface area contributed by atoms with E-state index in [0.717, 1.165) is 12.1 Å². The van der Waals surface area contributed by atoms with Crippen LogP contribution in [0.2, 0.25) is 0 Å². The second-order valence-electron chi connectivity index (χ2n) is 4.21. The summed E-state index contributed by atoms with van der Waals surface area (Å²) in [7, 11) is 0. The average Bonchev–Trinajstić information content (AvgIpc) is 2.94. The van der Waals surface area contributed by atoms with E-state index in [1.807, 2.05) is 10.6 Å². The fraction of sp³-hybridized carbons (Fsp3) is 0.364. The number of hydrogen-bond acceptors (Lipinski definition) is 5. The van der Waals surface area contributed by atoms with Gasteiger partial charge in [-0.05, 0) is 6.42 Å². The molecule has 0 unspecified atom stereocenters. The van der Waals surface area contributed by atoms with E-state index in [9.17, 15) is 0 Å². The number of allylic oxidation sites excluding steroid dienone is 1. The molecule has 88 valence electrons. The largest absolute Gasteiger partial charge is 0.396 e. The number of rotatable bonds is 2. The highest BCUT2D eigenvalue weighted by Gasteiger charge is 2.21. The van der Waals surface area contributed by atoms with Gasteiger partial charge in [0.2, 0.25) is 0 Å². The molecule has 3 rings (SSSR count). The lowest BCUT2D eigenvalue weighted by molar-refractivity contribution is 0.244. The number of nitrogens with two attached hydrogens (primary N) is 1. The minimum absolute atomic E-state index is 0.177. The van der Waals surface area contributed by atoms with Crippen LogP contribution in [0.15, 0.2) is 24.8 Å². The van der Waals surface area contributed by atoms with Gasteiger partial charge in [0, 0.05) is 12.5 Å². The zero-order valence-corrected chi connectivity index (χ0v) is 9.19. The van der Waals surface area contributed by atoms with Crippen molar-refractivity contribution < 1.29 is 5.11 Å². The molecule has 17 heavy (non-hydrogen) atoms. The van der Waals surface area contributed by atoms with E-state index < -0.39 is 0 Å². The van der Waals surface area contributed by atoms with Gasteiger partial charge in [-0.1, -0.05) is 12.2 Å². The molecule has 0 radical (unpaired) electrons. The monoisotopic (exact) mass is 231 g/mol. The molecule has 0 amide bonds. The Morgan fingerprint density at radius 1 is 1.35 bits per heavy atom. The van der Waals surface area contributed by atoms with Crippen LogP contribution in [0.3, 0.4) is 0 Å². The molecule has 2 aromatic rings. The van der Waals surface area contributed by atoms with Crippen LogP contribution >= 0.6 is 0 Å². The van der Waals surface area contributed by atoms with Gasteiger partial charge in [-0.25, -0.2) is 15.0 Å². The first-order valence-electron chi connectivity index (χ1n) is 5.52. The van der Waals surface area contributed by atoms with Crippen molar-refractivity contribution in [3.63, 3.8) is 0 Å². The molecule has 1 aliphatic rings. The third-order valence-electron chi connectivity index (χ3n) is 3.13. The molecule has 0 aromatic carbocycles. The number of nitrogen functional groups attached to an aromatic ring is 1. The topological polar surface area (TPSA) is 89.9 Å². The molecule has 3 N–H and O–H groups in total. The molecule has 0 fully saturated rings. The number of nitrogens with zero attached hydrogens (tertiary/aromatic N) is 4. The summed E-state index contributed by atoms with van der Waals surface area (Å²) in [6.07, 6.45) is 8.13. The number of aliphatic hydroxyl groups is 1. The Bertz CT molecular complexity index is 576. The number of aliphatic hydroxyl groups excluding tert-OH is 1. The van der Waals surface area contributed by atoms with E-state index in [1.54, 1.807) is 6.33 Å². The fourth-order valence-corrected chi connectivity index (χ4v) is 2.21. The Morgan fingerprint density at radius 3 is 3.00 bits per heavy atom. The first kappa shape index (κ1) is 10.2. The van der Waals surface area contributed by atoms with E-state index in [0.29, 0.717) is 11.3 Å². The van der Waals surface area contributed by atoms with E-state index in [2.05, 4.69) is 21.0 Å². The Morgan fingerprint density at radius 2 is 2.24 bits per heavy atom. The van der Waals surface area contributed by atoms with Gasteiger partial charge in [0.25, 0.3) is 0 Å². The van der Waals surface area contributed by atoms with Gasteiger partial charge in [0.15, 0.2) is 11.5 Å². The second kappa shape index (κ2) is 3.81. The van der Waals surface area contributed by atoms with Crippen LogP contribution in [0.4, 0.5) is 5.82 Å². The van der Waals surface area contributed by atoms with Crippen LogP contribution in [0.5, 0.6) is 0 Å². The fourth-order valence-electron chi connectivity index (χ4n) is 2.21. The molecule has 0 saturated heterocycles. The summed E-state index contributed by atoms with van der Waals surface area (Å²) >= 11 is 0. The van der Waals surface area contributed by atoms with Crippen molar-refractivity contribution in [1.29, 1.82) is 0 Å². The summed E-state index contributed by atoms with van der Waals surface area (Å²) in [5, 5.41) is 9.12. The molecule has 0 spiro atoms. The summed E-state index contributed by atoms with van der Waals surface area (Å²) in [6, 6.07) is 0.187. The Hall–Kier alpha value is -1.95. The van der Waals surface area contributed by atoms with Gasteiger partial charge < -0.3 is 15.4 Å². The van der Waals surface area contributed by atoms with Crippen molar-refractivity contribution in [3.05, 3.63) is 24.8 Å². The summed E-state index contributed by atoms with van der Waals surface area (Å²) in [6.45, 7) is 0.177. The van der Waals surface area contributed by atoms with Crippen molar-refractivity contribution >= 4 is 17.0 Å². The summed E-state index contributed by atoms with van der Waals surface area (Å²) in [5.74, 6) is 0.617. The van der Waals surface area contributed by atoms with E-state index in [-0.39, 0.29) is 18.6 Å². The van der Waals surface area contributed by atoms with Crippen molar-refractivity contribution in [1.82, 2.24) is 19.5 Å². The Kier molecular flexibility index (Phi) is 2.29. The number of anilines is 1. The van der Waals surface area contributed by atoms with Gasteiger partial charge in [0.1, 0.15) is 11.8 Å². The smallest absolute Gasteiger partial charge is 0.165 e. The Balaban J connectivity index is 2.02. The maximum absolute atomic E-state index is 9.12. The zero-order valence-electron chi connectivity index (χ0n) is 9.19. The lowest BCUT2D eigenvalue weighted by atomic mass is 10.1. The van der Waals surface area contributed by atoms with Gasteiger partial charge in [-0.15, -0.1) is 0 Å². The van der Waals surface area contributed by atoms with Crippen molar-refractivity contribution in [2.24, 2.45) is 5.92 Å². The standard InChI is InChI=1S/C11H13N5O/c12-10-9-11(14-5-13-10)16(6-15-9)8-2-1-7(3-8)4-17/h1-2,5-8,17H,3-4H2,(H2,12,13,14)/t7-,8+/m1/s1. The van der Waals surface area contributed by atoms with E-state index in [4.69, 9.17) is 10.8 Å². The molecule has 6 nitrogen and oxygen atoms in total. The van der Waals surface area contributed by atoms with Crippen LogP contribution in [-0.2, 0) is 0 Å².